The molecule has 0 spiro atoms. The average molecular weight is 489 g/mol. The fourth-order valence-electron chi connectivity index (χ4n) is 3.11. The molecule has 0 bridgehead atoms. The number of halogens is 1. The molecule has 2 amide bonds. The number of amides is 2. The van der Waals surface area contributed by atoms with Crippen LogP contribution in [0.4, 0.5) is 0 Å². The summed E-state index contributed by atoms with van der Waals surface area (Å²) in [5.74, 6) is 0.549. The molecular formula is C25H33BrN2O3. The topological polar surface area (TPSA) is 58.6 Å². The van der Waals surface area contributed by atoms with E-state index < -0.39 is 6.04 Å². The highest BCUT2D eigenvalue weighted by molar-refractivity contribution is 9.10. The van der Waals surface area contributed by atoms with Crippen LogP contribution in [0.2, 0.25) is 0 Å². The van der Waals surface area contributed by atoms with Gasteiger partial charge in [-0.15, -0.1) is 0 Å². The van der Waals surface area contributed by atoms with Gasteiger partial charge < -0.3 is 15.0 Å². The van der Waals surface area contributed by atoms with Crippen molar-refractivity contribution in [3.63, 3.8) is 0 Å². The van der Waals surface area contributed by atoms with E-state index >= 15 is 0 Å². The fraction of sp³-hybridized carbons (Fsp3) is 0.440. The van der Waals surface area contributed by atoms with Gasteiger partial charge in [0.2, 0.25) is 5.91 Å². The van der Waals surface area contributed by atoms with Crippen LogP contribution in [0.3, 0.4) is 0 Å². The van der Waals surface area contributed by atoms with Crippen LogP contribution in [-0.4, -0.2) is 35.9 Å². The minimum absolute atomic E-state index is 0.141. The first-order valence-corrected chi connectivity index (χ1v) is 11.5. The molecule has 0 fully saturated rings. The van der Waals surface area contributed by atoms with E-state index in [0.29, 0.717) is 24.8 Å². The van der Waals surface area contributed by atoms with Gasteiger partial charge in [-0.3, -0.25) is 9.59 Å². The molecule has 1 N–H and O–H groups in total. The van der Waals surface area contributed by atoms with Crippen molar-refractivity contribution < 1.29 is 14.3 Å². The molecule has 0 aliphatic heterocycles. The summed E-state index contributed by atoms with van der Waals surface area (Å²) in [7, 11) is 0. The minimum atomic E-state index is -0.611. The summed E-state index contributed by atoms with van der Waals surface area (Å²) in [5.41, 5.74) is 3.27. The molecule has 168 valence electrons. The summed E-state index contributed by atoms with van der Waals surface area (Å²) in [6.45, 7) is 10.7. The van der Waals surface area contributed by atoms with Gasteiger partial charge in [-0.25, -0.2) is 0 Å². The van der Waals surface area contributed by atoms with Gasteiger partial charge in [0.25, 0.3) is 5.91 Å². The molecule has 0 saturated heterocycles. The SMILES string of the molecule is CCc1ccc(OCC(=O)N(Cc2ccccc2C)[C@H](C)C(=O)NCC(C)C)c(Br)c1. The molecule has 0 unspecified atom stereocenters. The van der Waals surface area contributed by atoms with Crippen molar-refractivity contribution in [2.24, 2.45) is 5.92 Å². The van der Waals surface area contributed by atoms with Crippen molar-refractivity contribution in [3.8, 4) is 5.75 Å². The molecule has 0 aromatic heterocycles. The van der Waals surface area contributed by atoms with E-state index in [1.165, 1.54) is 5.56 Å². The van der Waals surface area contributed by atoms with Crippen molar-refractivity contribution >= 4 is 27.7 Å². The lowest BCUT2D eigenvalue weighted by Gasteiger charge is -2.29. The van der Waals surface area contributed by atoms with E-state index in [1.807, 2.05) is 63.2 Å². The number of nitrogens with zero attached hydrogens (tertiary/aromatic N) is 1. The number of aryl methyl sites for hydroxylation is 2. The Morgan fingerprint density at radius 3 is 2.45 bits per heavy atom. The molecule has 2 rings (SSSR count). The maximum absolute atomic E-state index is 13.2. The lowest BCUT2D eigenvalue weighted by atomic mass is 10.1. The number of benzene rings is 2. The minimum Gasteiger partial charge on any atom is -0.483 e. The number of nitrogens with one attached hydrogen (secondary N) is 1. The number of hydrogen-bond acceptors (Lipinski definition) is 3. The lowest BCUT2D eigenvalue weighted by Crippen LogP contribution is -2.49. The predicted molar refractivity (Wildman–Crippen MR) is 128 cm³/mol. The van der Waals surface area contributed by atoms with Crippen LogP contribution in [0, 0.1) is 12.8 Å². The Labute approximate surface area is 194 Å². The second kappa shape index (κ2) is 11.9. The molecular weight excluding hydrogens is 456 g/mol. The van der Waals surface area contributed by atoms with E-state index in [4.69, 9.17) is 4.74 Å². The van der Waals surface area contributed by atoms with Crippen LogP contribution >= 0.6 is 15.9 Å². The van der Waals surface area contributed by atoms with E-state index in [1.54, 1.807) is 11.8 Å². The maximum atomic E-state index is 13.2. The molecule has 0 aliphatic carbocycles. The Morgan fingerprint density at radius 2 is 1.84 bits per heavy atom. The Bertz CT molecular complexity index is 898. The summed E-state index contributed by atoms with van der Waals surface area (Å²) in [5, 5.41) is 2.93. The van der Waals surface area contributed by atoms with Crippen LogP contribution in [0.25, 0.3) is 0 Å². The van der Waals surface area contributed by atoms with Gasteiger partial charge in [0.05, 0.1) is 4.47 Å². The molecule has 31 heavy (non-hydrogen) atoms. The van der Waals surface area contributed by atoms with Gasteiger partial charge in [-0.05, 0) is 70.9 Å². The fourth-order valence-corrected chi connectivity index (χ4v) is 3.65. The number of carbonyl (C=O) groups excluding carboxylic acids is 2. The maximum Gasteiger partial charge on any atom is 0.261 e. The van der Waals surface area contributed by atoms with Crippen LogP contribution < -0.4 is 10.1 Å². The smallest absolute Gasteiger partial charge is 0.261 e. The summed E-state index contributed by atoms with van der Waals surface area (Å²) in [6, 6.07) is 13.1. The molecule has 2 aromatic rings. The van der Waals surface area contributed by atoms with Crippen LogP contribution in [-0.2, 0) is 22.6 Å². The first kappa shape index (κ1) is 24.9. The quantitative estimate of drug-likeness (QED) is 0.517. The number of ether oxygens (including phenoxy) is 1. The first-order valence-electron chi connectivity index (χ1n) is 10.8. The zero-order valence-electron chi connectivity index (χ0n) is 19.1. The second-order valence-electron chi connectivity index (χ2n) is 8.17. The zero-order valence-corrected chi connectivity index (χ0v) is 20.7. The highest BCUT2D eigenvalue weighted by Gasteiger charge is 2.27. The highest BCUT2D eigenvalue weighted by atomic mass is 79.9. The van der Waals surface area contributed by atoms with Gasteiger partial charge in [0.1, 0.15) is 11.8 Å². The first-order chi connectivity index (χ1) is 14.7. The second-order valence-corrected chi connectivity index (χ2v) is 9.02. The molecule has 0 radical (unpaired) electrons. The summed E-state index contributed by atoms with van der Waals surface area (Å²) in [6.07, 6.45) is 0.922. The standard InChI is InChI=1S/C25H33BrN2O3/c1-6-20-11-12-23(22(26)13-20)31-16-24(29)28(15-21-10-8-7-9-18(21)4)19(5)25(30)27-14-17(2)3/h7-13,17,19H,6,14-16H2,1-5H3,(H,27,30)/t19-/m1/s1. The normalized spacial score (nSPS) is 11.8. The predicted octanol–water partition coefficient (Wildman–Crippen LogP) is 4.89. The summed E-state index contributed by atoms with van der Waals surface area (Å²) >= 11 is 3.51. The Balaban J connectivity index is 2.17. The molecule has 1 atom stereocenters. The molecule has 0 saturated carbocycles. The van der Waals surface area contributed by atoms with Gasteiger partial charge >= 0.3 is 0 Å². The van der Waals surface area contributed by atoms with E-state index in [2.05, 4.69) is 28.2 Å². The van der Waals surface area contributed by atoms with Gasteiger partial charge in [0, 0.05) is 13.1 Å². The van der Waals surface area contributed by atoms with Gasteiger partial charge in [0.15, 0.2) is 6.61 Å². The Morgan fingerprint density at radius 1 is 1.13 bits per heavy atom. The molecule has 6 heteroatoms. The van der Waals surface area contributed by atoms with Crippen LogP contribution in [0.5, 0.6) is 5.75 Å². The van der Waals surface area contributed by atoms with E-state index in [0.717, 1.165) is 22.0 Å². The number of carbonyl (C=O) groups is 2. The van der Waals surface area contributed by atoms with Crippen molar-refractivity contribution in [3.05, 3.63) is 63.6 Å². The van der Waals surface area contributed by atoms with Crippen molar-refractivity contribution in [1.82, 2.24) is 10.2 Å². The van der Waals surface area contributed by atoms with Gasteiger partial charge in [-0.2, -0.15) is 0 Å². The van der Waals surface area contributed by atoms with Crippen LogP contribution in [0.15, 0.2) is 46.9 Å². The van der Waals surface area contributed by atoms with Gasteiger partial charge in [-0.1, -0.05) is 51.1 Å². The summed E-state index contributed by atoms with van der Waals surface area (Å²) in [4.78, 5) is 27.5. The van der Waals surface area contributed by atoms with Crippen molar-refractivity contribution in [2.45, 2.75) is 53.6 Å². The zero-order chi connectivity index (χ0) is 23.0. The monoisotopic (exact) mass is 488 g/mol. The average Bonchev–Trinajstić information content (AvgIpc) is 2.75. The van der Waals surface area contributed by atoms with Crippen molar-refractivity contribution in [1.29, 1.82) is 0 Å². The third-order valence-electron chi connectivity index (χ3n) is 5.21. The van der Waals surface area contributed by atoms with E-state index in [-0.39, 0.29) is 18.4 Å². The summed E-state index contributed by atoms with van der Waals surface area (Å²) < 4.78 is 6.62. The third kappa shape index (κ3) is 7.39. The largest absolute Gasteiger partial charge is 0.483 e. The highest BCUT2D eigenvalue weighted by Crippen LogP contribution is 2.26. The number of hydrogen-bond donors (Lipinski definition) is 1. The third-order valence-corrected chi connectivity index (χ3v) is 5.83. The molecule has 0 aliphatic rings. The van der Waals surface area contributed by atoms with Crippen LogP contribution in [0.1, 0.15) is 44.4 Å². The Kier molecular flexibility index (Phi) is 9.56. The van der Waals surface area contributed by atoms with E-state index in [9.17, 15) is 9.59 Å². The van der Waals surface area contributed by atoms with Crippen molar-refractivity contribution in [2.75, 3.05) is 13.2 Å². The molecule has 0 heterocycles. The molecule has 2 aromatic carbocycles. The Hall–Kier alpha value is -2.34. The molecule has 5 nitrogen and oxygen atoms in total. The number of rotatable bonds is 10. The lowest BCUT2D eigenvalue weighted by molar-refractivity contribution is -0.142.